The molecule has 1 saturated heterocycles. The van der Waals surface area contributed by atoms with Crippen molar-refractivity contribution in [1.82, 2.24) is 0 Å². The van der Waals surface area contributed by atoms with Gasteiger partial charge in [-0.1, -0.05) is 18.6 Å². The van der Waals surface area contributed by atoms with Crippen LogP contribution in [0.2, 0.25) is 0 Å². The quantitative estimate of drug-likeness (QED) is 0.555. The van der Waals surface area contributed by atoms with Gasteiger partial charge in [0, 0.05) is 5.41 Å². The van der Waals surface area contributed by atoms with Gasteiger partial charge in [-0.15, -0.1) is 0 Å². The van der Waals surface area contributed by atoms with Crippen molar-refractivity contribution in [2.75, 3.05) is 13.2 Å². The third kappa shape index (κ3) is 1.73. The van der Waals surface area contributed by atoms with Crippen LogP contribution in [-0.4, -0.2) is 19.5 Å². The predicted molar refractivity (Wildman–Crippen MR) is 56.0 cm³/mol. The van der Waals surface area contributed by atoms with Gasteiger partial charge >= 0.3 is 0 Å². The molecule has 14 heavy (non-hydrogen) atoms. The first kappa shape index (κ1) is 10.2. The van der Waals surface area contributed by atoms with Crippen LogP contribution in [0, 0.1) is 11.3 Å². The number of rotatable bonds is 0. The molecule has 2 rings (SSSR count). The Kier molecular flexibility index (Phi) is 2.67. The molecule has 0 aromatic heterocycles. The Hall–Kier alpha value is -0.340. The predicted octanol–water partition coefficient (Wildman–Crippen LogP) is 2.74. The summed E-state index contributed by atoms with van der Waals surface area (Å²) in [6.07, 6.45) is 4.65. The maximum absolute atomic E-state index is 5.63. The van der Waals surface area contributed by atoms with Gasteiger partial charge < -0.3 is 9.47 Å². The first-order valence-corrected chi connectivity index (χ1v) is 5.51. The van der Waals surface area contributed by atoms with E-state index in [9.17, 15) is 0 Å². The third-order valence-corrected chi connectivity index (χ3v) is 3.74. The van der Waals surface area contributed by atoms with E-state index in [1.54, 1.807) is 0 Å². The molecule has 0 bridgehead atoms. The van der Waals surface area contributed by atoms with Crippen molar-refractivity contribution in [3.8, 4) is 0 Å². The molecule has 1 spiro atoms. The molecule has 0 saturated carbocycles. The number of ether oxygens (including phenoxy) is 2. The monoisotopic (exact) mass is 196 g/mol. The minimum absolute atomic E-state index is 0.0140. The highest BCUT2D eigenvalue weighted by Crippen LogP contribution is 2.43. The zero-order chi connectivity index (χ0) is 10.2. The van der Waals surface area contributed by atoms with Gasteiger partial charge in [0.05, 0.1) is 13.2 Å². The SMILES string of the molecule is CC1=CCC2(COC(C)OC2)C(C)C1. The number of hydrogen-bond acceptors (Lipinski definition) is 2. The average molecular weight is 196 g/mol. The van der Waals surface area contributed by atoms with Crippen LogP contribution >= 0.6 is 0 Å². The summed E-state index contributed by atoms with van der Waals surface area (Å²) < 4.78 is 11.3. The Morgan fingerprint density at radius 2 is 1.93 bits per heavy atom. The summed E-state index contributed by atoms with van der Waals surface area (Å²) in [6, 6.07) is 0. The van der Waals surface area contributed by atoms with E-state index in [2.05, 4.69) is 19.9 Å². The molecule has 2 nitrogen and oxygen atoms in total. The molecular formula is C12H20O2. The maximum atomic E-state index is 5.63. The molecule has 1 atom stereocenters. The minimum Gasteiger partial charge on any atom is -0.352 e. The van der Waals surface area contributed by atoms with Gasteiger partial charge in [-0.05, 0) is 32.6 Å². The van der Waals surface area contributed by atoms with E-state index in [4.69, 9.17) is 9.47 Å². The fraction of sp³-hybridized carbons (Fsp3) is 0.833. The smallest absolute Gasteiger partial charge is 0.154 e. The number of allylic oxidation sites excluding steroid dienone is 2. The van der Waals surface area contributed by atoms with Gasteiger partial charge in [-0.2, -0.15) is 0 Å². The van der Waals surface area contributed by atoms with Crippen molar-refractivity contribution in [1.29, 1.82) is 0 Å². The van der Waals surface area contributed by atoms with Crippen LogP contribution in [0.25, 0.3) is 0 Å². The summed E-state index contributed by atoms with van der Waals surface area (Å²) in [5.74, 6) is 0.681. The Balaban J connectivity index is 2.09. The normalized spacial score (nSPS) is 43.8. The molecule has 1 unspecified atom stereocenters. The second kappa shape index (κ2) is 3.67. The molecule has 0 radical (unpaired) electrons. The Labute approximate surface area is 86.3 Å². The van der Waals surface area contributed by atoms with Crippen molar-refractivity contribution >= 4 is 0 Å². The minimum atomic E-state index is -0.0140. The molecular weight excluding hydrogens is 176 g/mol. The van der Waals surface area contributed by atoms with Crippen molar-refractivity contribution in [2.24, 2.45) is 11.3 Å². The fourth-order valence-electron chi connectivity index (χ4n) is 2.42. The van der Waals surface area contributed by atoms with Crippen molar-refractivity contribution in [2.45, 2.75) is 39.9 Å². The van der Waals surface area contributed by atoms with E-state index in [0.29, 0.717) is 5.92 Å². The number of hydrogen-bond donors (Lipinski definition) is 0. The van der Waals surface area contributed by atoms with Gasteiger partial charge in [0.15, 0.2) is 6.29 Å². The van der Waals surface area contributed by atoms with Crippen molar-refractivity contribution in [3.05, 3.63) is 11.6 Å². The molecule has 0 N–H and O–H groups in total. The zero-order valence-electron chi connectivity index (χ0n) is 9.38. The van der Waals surface area contributed by atoms with Crippen LogP contribution in [0.3, 0.4) is 0 Å². The topological polar surface area (TPSA) is 18.5 Å². The van der Waals surface area contributed by atoms with Gasteiger partial charge in [0.2, 0.25) is 0 Å². The Morgan fingerprint density at radius 1 is 1.29 bits per heavy atom. The highest BCUT2D eigenvalue weighted by Gasteiger charge is 2.41. The van der Waals surface area contributed by atoms with E-state index < -0.39 is 0 Å². The molecule has 0 aromatic rings. The van der Waals surface area contributed by atoms with Crippen LogP contribution in [0.15, 0.2) is 11.6 Å². The first-order chi connectivity index (χ1) is 6.62. The maximum Gasteiger partial charge on any atom is 0.154 e. The molecule has 1 aliphatic carbocycles. The van der Waals surface area contributed by atoms with Crippen molar-refractivity contribution < 1.29 is 9.47 Å². The van der Waals surface area contributed by atoms with Crippen LogP contribution < -0.4 is 0 Å². The third-order valence-electron chi connectivity index (χ3n) is 3.74. The standard InChI is InChI=1S/C12H20O2/c1-9-4-5-12(10(2)6-9)7-13-11(3)14-8-12/h4,10-11H,5-8H2,1-3H3. The first-order valence-electron chi connectivity index (χ1n) is 5.51. The summed E-state index contributed by atoms with van der Waals surface area (Å²) in [4.78, 5) is 0. The molecule has 0 aromatic carbocycles. The van der Waals surface area contributed by atoms with Gasteiger partial charge in [0.25, 0.3) is 0 Å². The average Bonchev–Trinajstić information content (AvgIpc) is 2.16. The lowest BCUT2D eigenvalue weighted by atomic mass is 9.68. The molecule has 80 valence electrons. The Morgan fingerprint density at radius 3 is 2.50 bits per heavy atom. The second-order valence-corrected chi connectivity index (χ2v) is 4.91. The highest BCUT2D eigenvalue weighted by molar-refractivity contribution is 5.10. The van der Waals surface area contributed by atoms with E-state index in [1.807, 2.05) is 6.92 Å². The summed E-state index contributed by atoms with van der Waals surface area (Å²) in [5, 5.41) is 0. The van der Waals surface area contributed by atoms with E-state index in [1.165, 1.54) is 12.0 Å². The molecule has 1 fully saturated rings. The van der Waals surface area contributed by atoms with Crippen LogP contribution in [0.4, 0.5) is 0 Å². The van der Waals surface area contributed by atoms with Gasteiger partial charge in [0.1, 0.15) is 0 Å². The summed E-state index contributed by atoms with van der Waals surface area (Å²) in [7, 11) is 0. The van der Waals surface area contributed by atoms with E-state index in [0.717, 1.165) is 19.6 Å². The van der Waals surface area contributed by atoms with E-state index >= 15 is 0 Å². The largest absolute Gasteiger partial charge is 0.352 e. The van der Waals surface area contributed by atoms with Crippen LogP contribution in [0.5, 0.6) is 0 Å². The van der Waals surface area contributed by atoms with Gasteiger partial charge in [-0.25, -0.2) is 0 Å². The van der Waals surface area contributed by atoms with Crippen LogP contribution in [-0.2, 0) is 9.47 Å². The second-order valence-electron chi connectivity index (χ2n) is 4.91. The lowest BCUT2D eigenvalue weighted by molar-refractivity contribution is -0.232. The highest BCUT2D eigenvalue weighted by atomic mass is 16.7. The van der Waals surface area contributed by atoms with Gasteiger partial charge in [-0.3, -0.25) is 0 Å². The molecule has 1 aliphatic heterocycles. The molecule has 2 heteroatoms. The molecule has 0 amide bonds. The summed E-state index contributed by atoms with van der Waals surface area (Å²) in [6.45, 7) is 8.23. The Bertz CT molecular complexity index is 237. The van der Waals surface area contributed by atoms with Crippen molar-refractivity contribution in [3.63, 3.8) is 0 Å². The summed E-state index contributed by atoms with van der Waals surface area (Å²) in [5.41, 5.74) is 1.77. The molecule has 1 heterocycles. The van der Waals surface area contributed by atoms with Crippen LogP contribution in [0.1, 0.15) is 33.6 Å². The summed E-state index contributed by atoms with van der Waals surface area (Å²) >= 11 is 0. The van der Waals surface area contributed by atoms with E-state index in [-0.39, 0.29) is 11.7 Å². The lowest BCUT2D eigenvalue weighted by Crippen LogP contribution is -2.46. The fourth-order valence-corrected chi connectivity index (χ4v) is 2.42. The zero-order valence-corrected chi connectivity index (χ0v) is 9.38. The molecule has 2 aliphatic rings. The lowest BCUT2D eigenvalue weighted by Gasteiger charge is -2.45.